The number of rotatable bonds is 4. The summed E-state index contributed by atoms with van der Waals surface area (Å²) in [5.41, 5.74) is 1.16. The van der Waals surface area contributed by atoms with Crippen molar-refractivity contribution in [3.05, 3.63) is 101 Å². The lowest BCUT2D eigenvalue weighted by molar-refractivity contribution is 0.102. The fourth-order valence-corrected chi connectivity index (χ4v) is 2.90. The summed E-state index contributed by atoms with van der Waals surface area (Å²) < 4.78 is 1.53. The van der Waals surface area contributed by atoms with Gasteiger partial charge in [-0.1, -0.05) is 36.4 Å². The molecule has 0 bridgehead atoms. The second-order valence-electron chi connectivity index (χ2n) is 6.02. The molecule has 1 aromatic carbocycles. The van der Waals surface area contributed by atoms with Crippen molar-refractivity contribution >= 4 is 22.8 Å². The average Bonchev–Trinajstić information content (AvgIpc) is 2.71. The number of hydrogen-bond acceptors (Lipinski definition) is 4. The molecule has 0 unspecified atom stereocenters. The van der Waals surface area contributed by atoms with Gasteiger partial charge in [0.15, 0.2) is 0 Å². The molecule has 0 aliphatic heterocycles. The van der Waals surface area contributed by atoms with Crippen LogP contribution in [-0.4, -0.2) is 20.4 Å². The van der Waals surface area contributed by atoms with Gasteiger partial charge in [0.25, 0.3) is 11.5 Å². The summed E-state index contributed by atoms with van der Waals surface area (Å²) in [5, 5.41) is 3.39. The van der Waals surface area contributed by atoms with E-state index < -0.39 is 11.5 Å². The molecular formula is C21H16N4O2. The molecule has 0 saturated heterocycles. The van der Waals surface area contributed by atoms with Crippen molar-refractivity contribution in [3.63, 3.8) is 0 Å². The van der Waals surface area contributed by atoms with E-state index in [9.17, 15) is 9.59 Å². The SMILES string of the molecule is O=C(Nc1ccccn1)c1cc2cccnc2n(Cc2ccccc2)c1=O. The Kier molecular flexibility index (Phi) is 4.45. The lowest BCUT2D eigenvalue weighted by Gasteiger charge is -2.12. The number of carbonyl (C=O) groups excluding carboxylic acids is 1. The summed E-state index contributed by atoms with van der Waals surface area (Å²) in [6.45, 7) is 0.331. The number of aromatic nitrogens is 3. The minimum Gasteiger partial charge on any atom is -0.306 e. The second-order valence-corrected chi connectivity index (χ2v) is 6.02. The second kappa shape index (κ2) is 7.21. The molecule has 1 N–H and O–H groups in total. The Balaban J connectivity index is 1.81. The number of nitrogens with one attached hydrogen (secondary N) is 1. The van der Waals surface area contributed by atoms with Crippen LogP contribution in [0.3, 0.4) is 0 Å². The number of fused-ring (bicyclic) bond motifs is 1. The van der Waals surface area contributed by atoms with E-state index in [1.54, 1.807) is 42.7 Å². The number of nitrogens with zero attached hydrogens (tertiary/aromatic N) is 3. The number of anilines is 1. The quantitative estimate of drug-likeness (QED) is 0.610. The molecule has 0 atom stereocenters. The van der Waals surface area contributed by atoms with E-state index >= 15 is 0 Å². The number of pyridine rings is 3. The Morgan fingerprint density at radius 3 is 2.48 bits per heavy atom. The Labute approximate surface area is 155 Å². The Hall–Kier alpha value is -3.80. The summed E-state index contributed by atoms with van der Waals surface area (Å²) in [6.07, 6.45) is 3.21. The lowest BCUT2D eigenvalue weighted by Crippen LogP contribution is -2.30. The third kappa shape index (κ3) is 3.46. The summed E-state index contributed by atoms with van der Waals surface area (Å²) >= 11 is 0. The largest absolute Gasteiger partial charge is 0.306 e. The Morgan fingerprint density at radius 1 is 0.926 bits per heavy atom. The van der Waals surface area contributed by atoms with E-state index in [2.05, 4.69) is 15.3 Å². The average molecular weight is 356 g/mol. The van der Waals surface area contributed by atoms with Gasteiger partial charge in [0.1, 0.15) is 17.0 Å². The molecule has 3 heterocycles. The molecule has 6 heteroatoms. The standard InChI is InChI=1S/C21H16N4O2/c26-20(24-18-10-4-5-11-22-18)17-13-16-9-6-12-23-19(16)25(21(17)27)14-15-7-2-1-3-8-15/h1-13H,14H2,(H,22,24,26). The van der Waals surface area contributed by atoms with Gasteiger partial charge in [-0.3, -0.25) is 14.2 Å². The van der Waals surface area contributed by atoms with Crippen LogP contribution in [0, 0.1) is 0 Å². The first-order chi connectivity index (χ1) is 13.2. The minimum atomic E-state index is -0.494. The maximum atomic E-state index is 13.1. The van der Waals surface area contributed by atoms with Gasteiger partial charge in [0, 0.05) is 17.8 Å². The molecule has 0 aliphatic carbocycles. The molecule has 0 radical (unpaired) electrons. The molecule has 132 valence electrons. The van der Waals surface area contributed by atoms with Crippen molar-refractivity contribution in [2.45, 2.75) is 6.54 Å². The van der Waals surface area contributed by atoms with Gasteiger partial charge in [0.2, 0.25) is 0 Å². The predicted octanol–water partition coefficient (Wildman–Crippen LogP) is 3.09. The number of carbonyl (C=O) groups is 1. The number of amides is 1. The van der Waals surface area contributed by atoms with E-state index in [1.165, 1.54) is 4.57 Å². The molecule has 27 heavy (non-hydrogen) atoms. The smallest absolute Gasteiger partial charge is 0.265 e. The zero-order chi connectivity index (χ0) is 18.6. The van der Waals surface area contributed by atoms with Crippen LogP contribution in [0.1, 0.15) is 15.9 Å². The van der Waals surface area contributed by atoms with E-state index in [0.29, 0.717) is 18.0 Å². The minimum absolute atomic E-state index is 0.0529. The number of benzene rings is 1. The van der Waals surface area contributed by atoms with Crippen molar-refractivity contribution in [1.29, 1.82) is 0 Å². The van der Waals surface area contributed by atoms with Crippen molar-refractivity contribution in [2.75, 3.05) is 5.32 Å². The molecule has 4 rings (SSSR count). The fourth-order valence-electron chi connectivity index (χ4n) is 2.90. The summed E-state index contributed by atoms with van der Waals surface area (Å²) in [4.78, 5) is 34.2. The zero-order valence-electron chi connectivity index (χ0n) is 14.4. The molecule has 1 amide bonds. The highest BCUT2D eigenvalue weighted by molar-refractivity contribution is 6.05. The zero-order valence-corrected chi connectivity index (χ0v) is 14.4. The molecule has 0 aliphatic rings. The third-order valence-electron chi connectivity index (χ3n) is 4.18. The van der Waals surface area contributed by atoms with Gasteiger partial charge in [-0.2, -0.15) is 0 Å². The molecule has 0 fully saturated rings. The van der Waals surface area contributed by atoms with Crippen LogP contribution in [0.15, 0.2) is 83.9 Å². The maximum absolute atomic E-state index is 13.1. The van der Waals surface area contributed by atoms with Gasteiger partial charge in [0.05, 0.1) is 6.54 Å². The molecule has 6 nitrogen and oxygen atoms in total. The van der Waals surface area contributed by atoms with Gasteiger partial charge >= 0.3 is 0 Å². The van der Waals surface area contributed by atoms with Crippen molar-refractivity contribution in [2.24, 2.45) is 0 Å². The highest BCUT2D eigenvalue weighted by atomic mass is 16.2. The van der Waals surface area contributed by atoms with Gasteiger partial charge < -0.3 is 5.32 Å². The highest BCUT2D eigenvalue weighted by Crippen LogP contribution is 2.14. The van der Waals surface area contributed by atoms with E-state index in [0.717, 1.165) is 10.9 Å². The summed E-state index contributed by atoms with van der Waals surface area (Å²) in [6, 6.07) is 20.0. The summed E-state index contributed by atoms with van der Waals surface area (Å²) in [5.74, 6) is -0.103. The van der Waals surface area contributed by atoms with E-state index in [-0.39, 0.29) is 5.56 Å². The normalized spacial score (nSPS) is 10.7. The van der Waals surface area contributed by atoms with E-state index in [4.69, 9.17) is 0 Å². The lowest BCUT2D eigenvalue weighted by atomic mass is 10.1. The van der Waals surface area contributed by atoms with Crippen LogP contribution in [0.5, 0.6) is 0 Å². The molecular weight excluding hydrogens is 340 g/mol. The first-order valence-corrected chi connectivity index (χ1v) is 8.47. The van der Waals surface area contributed by atoms with E-state index in [1.807, 2.05) is 36.4 Å². The van der Waals surface area contributed by atoms with Crippen LogP contribution in [0.4, 0.5) is 5.82 Å². The predicted molar refractivity (Wildman–Crippen MR) is 104 cm³/mol. The van der Waals surface area contributed by atoms with Gasteiger partial charge in [-0.25, -0.2) is 9.97 Å². The van der Waals surface area contributed by atoms with Gasteiger partial charge in [-0.15, -0.1) is 0 Å². The number of hydrogen-bond donors (Lipinski definition) is 1. The van der Waals surface area contributed by atoms with Crippen LogP contribution in [0.25, 0.3) is 11.0 Å². The third-order valence-corrected chi connectivity index (χ3v) is 4.18. The Bertz CT molecular complexity index is 1160. The first kappa shape index (κ1) is 16.7. The van der Waals surface area contributed by atoms with Crippen molar-refractivity contribution in [3.8, 4) is 0 Å². The molecule has 3 aromatic heterocycles. The van der Waals surface area contributed by atoms with Crippen LogP contribution in [0.2, 0.25) is 0 Å². The van der Waals surface area contributed by atoms with Crippen molar-refractivity contribution in [1.82, 2.24) is 14.5 Å². The molecule has 0 saturated carbocycles. The van der Waals surface area contributed by atoms with Crippen LogP contribution < -0.4 is 10.9 Å². The van der Waals surface area contributed by atoms with Crippen LogP contribution in [-0.2, 0) is 6.54 Å². The fraction of sp³-hybridized carbons (Fsp3) is 0.0476. The first-order valence-electron chi connectivity index (χ1n) is 8.47. The topological polar surface area (TPSA) is 76.9 Å². The van der Waals surface area contributed by atoms with Crippen molar-refractivity contribution < 1.29 is 4.79 Å². The molecule has 0 spiro atoms. The highest BCUT2D eigenvalue weighted by Gasteiger charge is 2.17. The summed E-state index contributed by atoms with van der Waals surface area (Å²) in [7, 11) is 0. The Morgan fingerprint density at radius 2 is 1.70 bits per heavy atom. The molecule has 4 aromatic rings. The van der Waals surface area contributed by atoms with Crippen LogP contribution >= 0.6 is 0 Å². The van der Waals surface area contributed by atoms with Gasteiger partial charge in [-0.05, 0) is 35.9 Å². The monoisotopic (exact) mass is 356 g/mol. The maximum Gasteiger partial charge on any atom is 0.265 e.